The van der Waals surface area contributed by atoms with E-state index in [4.69, 9.17) is 10.5 Å². The van der Waals surface area contributed by atoms with Gasteiger partial charge in [0.25, 0.3) is 5.69 Å². The van der Waals surface area contributed by atoms with Gasteiger partial charge in [-0.2, -0.15) is 0 Å². The SMILES string of the molecule is CN(CC(=O)Nc1ccc(N2CCOCC2)cc1)c1ccc(C(N)=O)cc1[N+](=O)[O-]. The standard InChI is InChI=1S/C20H23N5O5/c1-23(17-7-2-14(20(21)27)12-18(17)25(28)29)13-19(26)22-15-3-5-16(6-4-15)24-8-10-30-11-9-24/h2-7,12H,8-11,13H2,1H3,(H2,21,27)(H,22,26). The second-order valence-electron chi connectivity index (χ2n) is 6.88. The topological polar surface area (TPSA) is 131 Å². The molecule has 3 rings (SSSR count). The van der Waals surface area contributed by atoms with E-state index in [1.54, 1.807) is 7.05 Å². The third kappa shape index (κ3) is 5.03. The summed E-state index contributed by atoms with van der Waals surface area (Å²) in [6.45, 7) is 2.92. The Labute approximate surface area is 173 Å². The number of morpholine rings is 1. The lowest BCUT2D eigenvalue weighted by molar-refractivity contribution is -0.384. The highest BCUT2D eigenvalue weighted by Crippen LogP contribution is 2.28. The molecule has 0 radical (unpaired) electrons. The highest BCUT2D eigenvalue weighted by molar-refractivity contribution is 5.96. The third-order valence-electron chi connectivity index (χ3n) is 4.78. The molecule has 0 atom stereocenters. The second-order valence-corrected chi connectivity index (χ2v) is 6.88. The summed E-state index contributed by atoms with van der Waals surface area (Å²) in [5.74, 6) is -1.09. The van der Waals surface area contributed by atoms with Gasteiger partial charge in [-0.25, -0.2) is 0 Å². The quantitative estimate of drug-likeness (QED) is 0.521. The molecule has 0 aliphatic carbocycles. The molecule has 0 saturated carbocycles. The molecule has 3 N–H and O–H groups in total. The van der Waals surface area contributed by atoms with Crippen molar-refractivity contribution in [2.24, 2.45) is 5.73 Å². The number of anilines is 3. The van der Waals surface area contributed by atoms with Crippen LogP contribution in [0.25, 0.3) is 0 Å². The number of nitro groups is 1. The van der Waals surface area contributed by atoms with Crippen LogP contribution < -0.4 is 20.9 Å². The first-order valence-electron chi connectivity index (χ1n) is 9.37. The van der Waals surface area contributed by atoms with E-state index < -0.39 is 10.8 Å². The highest BCUT2D eigenvalue weighted by atomic mass is 16.6. The lowest BCUT2D eigenvalue weighted by atomic mass is 10.1. The van der Waals surface area contributed by atoms with Crippen LogP contribution in [0.2, 0.25) is 0 Å². The van der Waals surface area contributed by atoms with Gasteiger partial charge in [0, 0.05) is 43.1 Å². The van der Waals surface area contributed by atoms with E-state index in [0.29, 0.717) is 18.9 Å². The molecule has 158 valence electrons. The number of nitrogens with one attached hydrogen (secondary N) is 1. The van der Waals surface area contributed by atoms with Gasteiger partial charge in [0.05, 0.1) is 24.7 Å². The molecule has 0 unspecified atom stereocenters. The molecule has 10 heteroatoms. The molecule has 1 fully saturated rings. The number of nitrogens with two attached hydrogens (primary N) is 1. The molecule has 1 aliphatic heterocycles. The van der Waals surface area contributed by atoms with E-state index in [0.717, 1.165) is 24.8 Å². The first kappa shape index (κ1) is 21.1. The summed E-state index contributed by atoms with van der Waals surface area (Å²) in [4.78, 5) is 38.1. The summed E-state index contributed by atoms with van der Waals surface area (Å²) in [6.07, 6.45) is 0. The van der Waals surface area contributed by atoms with Crippen LogP contribution in [0, 0.1) is 10.1 Å². The number of nitro benzene ring substituents is 1. The Morgan fingerprint density at radius 3 is 2.47 bits per heavy atom. The van der Waals surface area contributed by atoms with Crippen LogP contribution in [-0.2, 0) is 9.53 Å². The van der Waals surface area contributed by atoms with Crippen LogP contribution in [0.15, 0.2) is 42.5 Å². The molecule has 1 aliphatic rings. The predicted molar refractivity (Wildman–Crippen MR) is 113 cm³/mol. The van der Waals surface area contributed by atoms with E-state index in [2.05, 4.69) is 10.2 Å². The number of likely N-dealkylation sites (N-methyl/N-ethyl adjacent to an activating group) is 1. The van der Waals surface area contributed by atoms with E-state index >= 15 is 0 Å². The van der Waals surface area contributed by atoms with E-state index in [9.17, 15) is 19.7 Å². The van der Waals surface area contributed by atoms with Gasteiger partial charge in [-0.1, -0.05) is 0 Å². The number of nitrogens with zero attached hydrogens (tertiary/aromatic N) is 3. The average molecular weight is 413 g/mol. The summed E-state index contributed by atoms with van der Waals surface area (Å²) in [6, 6.07) is 11.4. The highest BCUT2D eigenvalue weighted by Gasteiger charge is 2.21. The summed E-state index contributed by atoms with van der Waals surface area (Å²) in [5.41, 5.74) is 6.82. The maximum atomic E-state index is 12.4. The van der Waals surface area contributed by atoms with Crippen LogP contribution in [0.5, 0.6) is 0 Å². The molecule has 10 nitrogen and oxygen atoms in total. The minimum Gasteiger partial charge on any atom is -0.378 e. The summed E-state index contributed by atoms with van der Waals surface area (Å²) in [5, 5.41) is 14.1. The maximum Gasteiger partial charge on any atom is 0.293 e. The fourth-order valence-electron chi connectivity index (χ4n) is 3.22. The number of hydrogen-bond acceptors (Lipinski definition) is 7. The van der Waals surface area contributed by atoms with Crippen molar-refractivity contribution in [1.82, 2.24) is 0 Å². The fraction of sp³-hybridized carbons (Fsp3) is 0.300. The molecular formula is C20H23N5O5. The van der Waals surface area contributed by atoms with Crippen LogP contribution >= 0.6 is 0 Å². The van der Waals surface area contributed by atoms with Crippen molar-refractivity contribution < 1.29 is 19.2 Å². The van der Waals surface area contributed by atoms with Gasteiger partial charge in [-0.05, 0) is 36.4 Å². The van der Waals surface area contributed by atoms with Crippen molar-refractivity contribution in [2.45, 2.75) is 0 Å². The molecule has 0 bridgehead atoms. The average Bonchev–Trinajstić information content (AvgIpc) is 2.74. The van der Waals surface area contributed by atoms with Gasteiger partial charge >= 0.3 is 0 Å². The lowest BCUT2D eigenvalue weighted by Crippen LogP contribution is -2.36. The van der Waals surface area contributed by atoms with Crippen LogP contribution in [0.4, 0.5) is 22.7 Å². The zero-order valence-electron chi connectivity index (χ0n) is 16.5. The molecule has 30 heavy (non-hydrogen) atoms. The van der Waals surface area contributed by atoms with Crippen molar-refractivity contribution in [2.75, 3.05) is 55.0 Å². The number of carbonyl (C=O) groups excluding carboxylic acids is 2. The lowest BCUT2D eigenvalue weighted by Gasteiger charge is -2.29. The Bertz CT molecular complexity index is 941. The van der Waals surface area contributed by atoms with E-state index in [1.165, 1.54) is 17.0 Å². The molecule has 0 spiro atoms. The number of benzene rings is 2. The monoisotopic (exact) mass is 413 g/mol. The van der Waals surface area contributed by atoms with Crippen molar-refractivity contribution in [3.8, 4) is 0 Å². The number of hydrogen-bond donors (Lipinski definition) is 2. The molecule has 1 saturated heterocycles. The third-order valence-corrected chi connectivity index (χ3v) is 4.78. The van der Waals surface area contributed by atoms with Crippen molar-refractivity contribution in [3.63, 3.8) is 0 Å². The Morgan fingerprint density at radius 2 is 1.87 bits per heavy atom. The molecule has 1 heterocycles. The van der Waals surface area contributed by atoms with Gasteiger partial charge in [0.15, 0.2) is 0 Å². The van der Waals surface area contributed by atoms with E-state index in [-0.39, 0.29) is 29.4 Å². The minimum atomic E-state index is -0.759. The molecule has 2 aromatic carbocycles. The van der Waals surface area contributed by atoms with Gasteiger partial charge < -0.3 is 25.6 Å². The summed E-state index contributed by atoms with van der Waals surface area (Å²) < 4.78 is 5.34. The Balaban J connectivity index is 1.64. The van der Waals surface area contributed by atoms with E-state index in [1.807, 2.05) is 24.3 Å². The minimum absolute atomic E-state index is 0.0312. The van der Waals surface area contributed by atoms with Crippen molar-refractivity contribution in [1.29, 1.82) is 0 Å². The number of ether oxygens (including phenoxy) is 1. The van der Waals surface area contributed by atoms with Crippen molar-refractivity contribution >= 4 is 34.6 Å². The molecule has 2 aromatic rings. The molecule has 0 aromatic heterocycles. The van der Waals surface area contributed by atoms with Crippen LogP contribution in [0.1, 0.15) is 10.4 Å². The first-order valence-corrected chi connectivity index (χ1v) is 9.37. The summed E-state index contributed by atoms with van der Waals surface area (Å²) >= 11 is 0. The largest absolute Gasteiger partial charge is 0.378 e. The number of rotatable bonds is 7. The Morgan fingerprint density at radius 1 is 1.20 bits per heavy atom. The van der Waals surface area contributed by atoms with Gasteiger partial charge in [0.1, 0.15) is 5.69 Å². The van der Waals surface area contributed by atoms with Crippen LogP contribution in [-0.4, -0.2) is 56.6 Å². The fourth-order valence-corrected chi connectivity index (χ4v) is 3.22. The number of primary amides is 1. The maximum absolute atomic E-state index is 12.4. The van der Waals surface area contributed by atoms with Gasteiger partial charge in [-0.15, -0.1) is 0 Å². The van der Waals surface area contributed by atoms with Crippen LogP contribution in [0.3, 0.4) is 0 Å². The van der Waals surface area contributed by atoms with Gasteiger partial charge in [0.2, 0.25) is 11.8 Å². The van der Waals surface area contributed by atoms with Crippen molar-refractivity contribution in [3.05, 3.63) is 58.1 Å². The zero-order chi connectivity index (χ0) is 21.7. The Kier molecular flexibility index (Phi) is 6.48. The number of amides is 2. The predicted octanol–water partition coefficient (Wildman–Crippen LogP) is 1.61. The zero-order valence-corrected chi connectivity index (χ0v) is 16.5. The molecule has 2 amide bonds. The molecular weight excluding hydrogens is 390 g/mol. The van der Waals surface area contributed by atoms with Gasteiger partial charge in [-0.3, -0.25) is 19.7 Å². The Hall–Kier alpha value is -3.66. The second kappa shape index (κ2) is 9.23. The normalized spacial score (nSPS) is 13.6. The smallest absolute Gasteiger partial charge is 0.293 e. The number of carbonyl (C=O) groups is 2. The summed E-state index contributed by atoms with van der Waals surface area (Å²) in [7, 11) is 1.56. The first-order chi connectivity index (χ1) is 14.3.